The van der Waals surface area contributed by atoms with E-state index in [1.807, 2.05) is 71.6 Å². The van der Waals surface area contributed by atoms with Crippen molar-refractivity contribution in [3.63, 3.8) is 0 Å². The summed E-state index contributed by atoms with van der Waals surface area (Å²) in [5.41, 5.74) is 3.36. The van der Waals surface area contributed by atoms with Crippen molar-refractivity contribution in [3.05, 3.63) is 102 Å². The molecule has 4 aromatic rings. The third-order valence-electron chi connectivity index (χ3n) is 5.37. The third kappa shape index (κ3) is 2.99. The first kappa shape index (κ1) is 17.3. The van der Waals surface area contributed by atoms with Crippen molar-refractivity contribution in [2.24, 2.45) is 0 Å². The van der Waals surface area contributed by atoms with Gasteiger partial charge in [-0.3, -0.25) is 9.69 Å². The minimum absolute atomic E-state index is 0.0181. The van der Waals surface area contributed by atoms with Gasteiger partial charge in [-0.2, -0.15) is 0 Å². The minimum Gasteiger partial charge on any atom is -0.497 e. The van der Waals surface area contributed by atoms with E-state index in [2.05, 4.69) is 29.6 Å². The molecule has 0 aliphatic carbocycles. The molecule has 0 saturated heterocycles. The Morgan fingerprint density at radius 3 is 2.34 bits per heavy atom. The van der Waals surface area contributed by atoms with E-state index in [1.165, 1.54) is 0 Å². The number of para-hydroxylation sites is 1. The first-order valence-corrected chi connectivity index (χ1v) is 9.56. The molecule has 1 heterocycles. The second kappa shape index (κ2) is 6.99. The van der Waals surface area contributed by atoms with Crippen LogP contribution >= 0.6 is 0 Å². The molecule has 4 nitrogen and oxygen atoms in total. The molecule has 5 rings (SSSR count). The van der Waals surface area contributed by atoms with Gasteiger partial charge in [-0.15, -0.1) is 0 Å². The van der Waals surface area contributed by atoms with Crippen molar-refractivity contribution in [2.75, 3.05) is 17.3 Å². The zero-order valence-electron chi connectivity index (χ0n) is 16.0. The zero-order valence-corrected chi connectivity index (χ0v) is 16.0. The van der Waals surface area contributed by atoms with Crippen LogP contribution in [0.3, 0.4) is 0 Å². The Kier molecular flexibility index (Phi) is 4.17. The quantitative estimate of drug-likeness (QED) is 0.502. The highest BCUT2D eigenvalue weighted by molar-refractivity contribution is 6.12. The molecule has 1 aliphatic heterocycles. The second-order valence-electron chi connectivity index (χ2n) is 7.07. The fourth-order valence-corrected chi connectivity index (χ4v) is 3.87. The highest BCUT2D eigenvalue weighted by Crippen LogP contribution is 2.37. The molecule has 0 fully saturated rings. The maximum absolute atomic E-state index is 13.5. The number of methoxy groups -OCH3 is 1. The molecule has 1 atom stereocenters. The van der Waals surface area contributed by atoms with E-state index in [-0.39, 0.29) is 12.1 Å². The van der Waals surface area contributed by atoms with E-state index in [0.29, 0.717) is 5.56 Å². The van der Waals surface area contributed by atoms with Crippen LogP contribution in [0.5, 0.6) is 5.75 Å². The normalized spacial score (nSPS) is 15.7. The standard InChI is InChI=1S/C25H20N2O2/c1-29-21-14-11-18(12-15-21)24-26-23-9-5-4-8-22(23)25(28)27(24)20-13-10-17-6-2-3-7-19(17)16-20/h2-16,24,26H,1H3. The molecule has 0 saturated carbocycles. The smallest absolute Gasteiger partial charge is 0.262 e. The Labute approximate surface area is 169 Å². The van der Waals surface area contributed by atoms with E-state index in [4.69, 9.17) is 4.74 Å². The van der Waals surface area contributed by atoms with Gasteiger partial charge in [-0.05, 0) is 52.7 Å². The van der Waals surface area contributed by atoms with Gasteiger partial charge in [0.1, 0.15) is 11.9 Å². The van der Waals surface area contributed by atoms with Crippen molar-refractivity contribution in [1.82, 2.24) is 0 Å². The van der Waals surface area contributed by atoms with Crippen molar-refractivity contribution in [2.45, 2.75) is 6.17 Å². The molecule has 0 bridgehead atoms. The number of amides is 1. The van der Waals surface area contributed by atoms with Crippen LogP contribution in [0.15, 0.2) is 91.0 Å². The predicted molar refractivity (Wildman–Crippen MR) is 117 cm³/mol. The van der Waals surface area contributed by atoms with Gasteiger partial charge in [-0.1, -0.05) is 54.6 Å². The lowest BCUT2D eigenvalue weighted by atomic mass is 10.0. The summed E-state index contributed by atoms with van der Waals surface area (Å²) in [6.07, 6.45) is -0.315. The van der Waals surface area contributed by atoms with E-state index >= 15 is 0 Å². The molecule has 0 spiro atoms. The lowest BCUT2D eigenvalue weighted by Gasteiger charge is -2.38. The number of hydrogen-bond donors (Lipinski definition) is 1. The van der Waals surface area contributed by atoms with Crippen LogP contribution < -0.4 is 15.0 Å². The number of carbonyl (C=O) groups excluding carboxylic acids is 1. The number of nitrogens with zero attached hydrogens (tertiary/aromatic N) is 1. The summed E-state index contributed by atoms with van der Waals surface area (Å²) >= 11 is 0. The van der Waals surface area contributed by atoms with Crippen molar-refractivity contribution in [3.8, 4) is 5.75 Å². The highest BCUT2D eigenvalue weighted by Gasteiger charge is 2.34. The number of carbonyl (C=O) groups is 1. The maximum Gasteiger partial charge on any atom is 0.262 e. The molecule has 29 heavy (non-hydrogen) atoms. The lowest BCUT2D eigenvalue weighted by molar-refractivity contribution is 0.0975. The van der Waals surface area contributed by atoms with Crippen LogP contribution in [0, 0.1) is 0 Å². The van der Waals surface area contributed by atoms with Crippen LogP contribution in [0.25, 0.3) is 10.8 Å². The third-order valence-corrected chi connectivity index (χ3v) is 5.37. The Hall–Kier alpha value is -3.79. The number of benzene rings is 4. The van der Waals surface area contributed by atoms with Crippen molar-refractivity contribution in [1.29, 1.82) is 0 Å². The highest BCUT2D eigenvalue weighted by atomic mass is 16.5. The van der Waals surface area contributed by atoms with E-state index in [1.54, 1.807) is 7.11 Å². The van der Waals surface area contributed by atoms with E-state index < -0.39 is 0 Å². The van der Waals surface area contributed by atoms with Gasteiger partial charge in [0.2, 0.25) is 0 Å². The van der Waals surface area contributed by atoms with Gasteiger partial charge in [0.05, 0.1) is 12.7 Å². The number of anilines is 2. The average Bonchev–Trinajstić information content (AvgIpc) is 2.79. The number of nitrogens with one attached hydrogen (secondary N) is 1. The van der Waals surface area contributed by atoms with Crippen LogP contribution in [-0.4, -0.2) is 13.0 Å². The van der Waals surface area contributed by atoms with Crippen LogP contribution in [0.2, 0.25) is 0 Å². The summed E-state index contributed by atoms with van der Waals surface area (Å²) < 4.78 is 5.29. The van der Waals surface area contributed by atoms with Gasteiger partial charge in [-0.25, -0.2) is 0 Å². The Morgan fingerprint density at radius 1 is 0.828 bits per heavy atom. The molecule has 142 valence electrons. The van der Waals surface area contributed by atoms with Gasteiger partial charge >= 0.3 is 0 Å². The molecular formula is C25H20N2O2. The first-order valence-electron chi connectivity index (χ1n) is 9.56. The summed E-state index contributed by atoms with van der Waals surface area (Å²) in [6.45, 7) is 0. The van der Waals surface area contributed by atoms with Gasteiger partial charge < -0.3 is 10.1 Å². The SMILES string of the molecule is COc1ccc(C2Nc3ccccc3C(=O)N2c2ccc3ccccc3c2)cc1. The van der Waals surface area contributed by atoms with Crippen LogP contribution in [0.4, 0.5) is 11.4 Å². The van der Waals surface area contributed by atoms with Crippen molar-refractivity contribution < 1.29 is 9.53 Å². The Bertz CT molecular complexity index is 1200. The molecular weight excluding hydrogens is 360 g/mol. The molecule has 1 amide bonds. The maximum atomic E-state index is 13.5. The number of rotatable bonds is 3. The lowest BCUT2D eigenvalue weighted by Crippen LogP contribution is -2.43. The molecule has 0 aromatic heterocycles. The van der Waals surface area contributed by atoms with Crippen LogP contribution in [0.1, 0.15) is 22.1 Å². The fraction of sp³-hybridized carbons (Fsp3) is 0.0800. The largest absolute Gasteiger partial charge is 0.497 e. The van der Waals surface area contributed by atoms with E-state index in [9.17, 15) is 4.79 Å². The van der Waals surface area contributed by atoms with E-state index in [0.717, 1.165) is 33.5 Å². The monoisotopic (exact) mass is 380 g/mol. The Balaban J connectivity index is 1.66. The number of hydrogen-bond acceptors (Lipinski definition) is 3. The number of ether oxygens (including phenoxy) is 1. The fourth-order valence-electron chi connectivity index (χ4n) is 3.87. The molecule has 1 unspecified atom stereocenters. The minimum atomic E-state index is -0.315. The molecule has 1 N–H and O–H groups in total. The first-order chi connectivity index (χ1) is 14.2. The zero-order chi connectivity index (χ0) is 19.8. The summed E-state index contributed by atoms with van der Waals surface area (Å²) in [5, 5.41) is 5.79. The van der Waals surface area contributed by atoms with Gasteiger partial charge in [0.25, 0.3) is 5.91 Å². The summed E-state index contributed by atoms with van der Waals surface area (Å²) in [4.78, 5) is 15.4. The van der Waals surface area contributed by atoms with Gasteiger partial charge in [0, 0.05) is 11.4 Å². The molecule has 0 radical (unpaired) electrons. The molecule has 4 heteroatoms. The molecule has 4 aromatic carbocycles. The summed E-state index contributed by atoms with van der Waals surface area (Å²) in [7, 11) is 1.65. The summed E-state index contributed by atoms with van der Waals surface area (Å²) in [5.74, 6) is 0.768. The van der Waals surface area contributed by atoms with Crippen LogP contribution in [-0.2, 0) is 0 Å². The van der Waals surface area contributed by atoms with Crippen molar-refractivity contribution >= 4 is 28.1 Å². The summed E-state index contributed by atoms with van der Waals surface area (Å²) in [6, 6.07) is 29.8. The topological polar surface area (TPSA) is 41.6 Å². The second-order valence-corrected chi connectivity index (χ2v) is 7.07. The van der Waals surface area contributed by atoms with Gasteiger partial charge in [0.15, 0.2) is 0 Å². The number of fused-ring (bicyclic) bond motifs is 2. The Morgan fingerprint density at radius 2 is 1.55 bits per heavy atom. The predicted octanol–water partition coefficient (Wildman–Crippen LogP) is 5.62. The average molecular weight is 380 g/mol. The molecule has 1 aliphatic rings.